The van der Waals surface area contributed by atoms with Gasteiger partial charge in [0.2, 0.25) is 0 Å². The van der Waals surface area contributed by atoms with Crippen molar-refractivity contribution in [1.82, 2.24) is 4.98 Å². The Bertz CT molecular complexity index is 483. The van der Waals surface area contributed by atoms with Gasteiger partial charge in [0.15, 0.2) is 5.13 Å². The lowest BCUT2D eigenvalue weighted by atomic mass is 9.98. The van der Waals surface area contributed by atoms with E-state index < -0.39 is 0 Å². The van der Waals surface area contributed by atoms with E-state index in [1.54, 1.807) is 11.3 Å². The number of para-hydroxylation sites is 1. The standard InChI is InChI=1S/C14H19N3S/c15-9-12(10-5-1-2-6-10)17-14-16-11-7-3-4-8-13(11)18-14/h3-4,7-8,10,12H,1-2,5-6,9,15H2,(H,16,17). The average Bonchev–Trinajstić information content (AvgIpc) is 3.04. The lowest BCUT2D eigenvalue weighted by Gasteiger charge is -2.22. The first-order valence-electron chi connectivity index (χ1n) is 6.69. The lowest BCUT2D eigenvalue weighted by Crippen LogP contribution is -2.35. The predicted octanol–water partition coefficient (Wildman–Crippen LogP) is 3.23. The fourth-order valence-electron chi connectivity index (χ4n) is 2.82. The molecule has 1 aliphatic rings. The summed E-state index contributed by atoms with van der Waals surface area (Å²) in [5.41, 5.74) is 6.99. The maximum absolute atomic E-state index is 5.91. The Labute approximate surface area is 111 Å². The number of rotatable bonds is 4. The fraction of sp³-hybridized carbons (Fsp3) is 0.500. The van der Waals surface area contributed by atoms with Crippen molar-refractivity contribution in [2.45, 2.75) is 31.7 Å². The molecule has 0 amide bonds. The van der Waals surface area contributed by atoms with E-state index >= 15 is 0 Å². The van der Waals surface area contributed by atoms with Crippen LogP contribution in [0.5, 0.6) is 0 Å². The number of hydrogen-bond donors (Lipinski definition) is 2. The van der Waals surface area contributed by atoms with E-state index in [-0.39, 0.29) is 0 Å². The smallest absolute Gasteiger partial charge is 0.184 e. The van der Waals surface area contributed by atoms with Gasteiger partial charge in [-0.2, -0.15) is 0 Å². The SMILES string of the molecule is NCC(Nc1nc2ccccc2s1)C1CCCC1. The number of hydrogen-bond acceptors (Lipinski definition) is 4. The van der Waals surface area contributed by atoms with Crippen LogP contribution in [0.1, 0.15) is 25.7 Å². The van der Waals surface area contributed by atoms with E-state index in [2.05, 4.69) is 28.5 Å². The zero-order valence-electron chi connectivity index (χ0n) is 10.4. The molecule has 1 atom stereocenters. The van der Waals surface area contributed by atoms with Crippen molar-refractivity contribution in [3.8, 4) is 0 Å². The van der Waals surface area contributed by atoms with Crippen molar-refractivity contribution >= 4 is 26.7 Å². The minimum absolute atomic E-state index is 0.382. The number of nitrogens with zero attached hydrogens (tertiary/aromatic N) is 1. The highest BCUT2D eigenvalue weighted by Crippen LogP contribution is 2.31. The number of fused-ring (bicyclic) bond motifs is 1. The van der Waals surface area contributed by atoms with Gasteiger partial charge in [0.25, 0.3) is 0 Å². The Hall–Kier alpha value is -1.13. The summed E-state index contributed by atoms with van der Waals surface area (Å²) in [6.07, 6.45) is 5.31. The largest absolute Gasteiger partial charge is 0.357 e. The van der Waals surface area contributed by atoms with Crippen LogP contribution in [0.2, 0.25) is 0 Å². The topological polar surface area (TPSA) is 50.9 Å². The molecular weight excluding hydrogens is 242 g/mol. The molecule has 3 nitrogen and oxygen atoms in total. The summed E-state index contributed by atoms with van der Waals surface area (Å²) in [6.45, 7) is 0.695. The molecule has 18 heavy (non-hydrogen) atoms. The highest BCUT2D eigenvalue weighted by Gasteiger charge is 2.24. The van der Waals surface area contributed by atoms with Crippen LogP contribution >= 0.6 is 11.3 Å². The number of aromatic nitrogens is 1. The number of nitrogens with one attached hydrogen (secondary N) is 1. The van der Waals surface area contributed by atoms with Gasteiger partial charge in [0.1, 0.15) is 0 Å². The molecule has 0 radical (unpaired) electrons. The van der Waals surface area contributed by atoms with Gasteiger partial charge in [-0.3, -0.25) is 0 Å². The number of nitrogens with two attached hydrogens (primary N) is 1. The summed E-state index contributed by atoms with van der Waals surface area (Å²) in [5.74, 6) is 0.724. The molecule has 1 fully saturated rings. The van der Waals surface area contributed by atoms with Gasteiger partial charge in [-0.25, -0.2) is 4.98 Å². The molecule has 2 aromatic rings. The van der Waals surface area contributed by atoms with E-state index in [1.165, 1.54) is 30.4 Å². The van der Waals surface area contributed by atoms with Crippen LogP contribution in [0, 0.1) is 5.92 Å². The van der Waals surface area contributed by atoms with Gasteiger partial charge in [-0.15, -0.1) is 0 Å². The van der Waals surface area contributed by atoms with Gasteiger partial charge in [0.05, 0.1) is 10.2 Å². The molecule has 1 heterocycles. The molecule has 0 aliphatic heterocycles. The molecule has 1 aromatic heterocycles. The summed E-state index contributed by atoms with van der Waals surface area (Å²) in [5, 5.41) is 4.56. The number of anilines is 1. The average molecular weight is 261 g/mol. The molecule has 96 valence electrons. The first-order valence-corrected chi connectivity index (χ1v) is 7.50. The van der Waals surface area contributed by atoms with Gasteiger partial charge in [-0.05, 0) is 30.9 Å². The second-order valence-electron chi connectivity index (χ2n) is 5.02. The Morgan fingerprint density at radius 2 is 2.11 bits per heavy atom. The number of thiazole rings is 1. The van der Waals surface area contributed by atoms with E-state index in [1.807, 2.05) is 6.07 Å². The molecule has 3 rings (SSSR count). The van der Waals surface area contributed by atoms with E-state index in [0.29, 0.717) is 12.6 Å². The van der Waals surface area contributed by atoms with Crippen molar-refractivity contribution in [2.24, 2.45) is 11.7 Å². The molecule has 1 aliphatic carbocycles. The fourth-order valence-corrected chi connectivity index (χ4v) is 3.75. The van der Waals surface area contributed by atoms with E-state index in [9.17, 15) is 0 Å². The summed E-state index contributed by atoms with van der Waals surface area (Å²) < 4.78 is 1.24. The highest BCUT2D eigenvalue weighted by molar-refractivity contribution is 7.22. The summed E-state index contributed by atoms with van der Waals surface area (Å²) in [7, 11) is 0. The van der Waals surface area contributed by atoms with Crippen LogP contribution in [0.3, 0.4) is 0 Å². The molecule has 0 saturated heterocycles. The van der Waals surface area contributed by atoms with Crippen LogP contribution < -0.4 is 11.1 Å². The third-order valence-corrected chi connectivity index (χ3v) is 4.79. The summed E-state index contributed by atoms with van der Waals surface area (Å²) in [4.78, 5) is 4.62. The van der Waals surface area contributed by atoms with Crippen molar-refractivity contribution in [3.05, 3.63) is 24.3 Å². The van der Waals surface area contributed by atoms with Gasteiger partial charge >= 0.3 is 0 Å². The van der Waals surface area contributed by atoms with Crippen LogP contribution in [-0.4, -0.2) is 17.6 Å². The second kappa shape index (κ2) is 5.24. The third kappa shape index (κ3) is 2.35. The predicted molar refractivity (Wildman–Crippen MR) is 78.0 cm³/mol. The lowest BCUT2D eigenvalue weighted by molar-refractivity contribution is 0.462. The Balaban J connectivity index is 1.77. The minimum Gasteiger partial charge on any atom is -0.357 e. The van der Waals surface area contributed by atoms with E-state index in [4.69, 9.17) is 5.73 Å². The first-order chi connectivity index (χ1) is 8.86. The minimum atomic E-state index is 0.382. The molecule has 3 N–H and O–H groups in total. The summed E-state index contributed by atoms with van der Waals surface area (Å²) in [6, 6.07) is 8.65. The molecular formula is C14H19N3S. The van der Waals surface area contributed by atoms with Gasteiger partial charge in [0, 0.05) is 12.6 Å². The van der Waals surface area contributed by atoms with Crippen molar-refractivity contribution in [1.29, 1.82) is 0 Å². The van der Waals surface area contributed by atoms with Crippen molar-refractivity contribution in [2.75, 3.05) is 11.9 Å². The van der Waals surface area contributed by atoms with Gasteiger partial charge in [-0.1, -0.05) is 36.3 Å². The molecule has 0 spiro atoms. The number of benzene rings is 1. The quantitative estimate of drug-likeness (QED) is 0.888. The zero-order valence-corrected chi connectivity index (χ0v) is 11.2. The molecule has 4 heteroatoms. The molecule has 1 aromatic carbocycles. The van der Waals surface area contributed by atoms with Crippen molar-refractivity contribution in [3.63, 3.8) is 0 Å². The van der Waals surface area contributed by atoms with E-state index in [0.717, 1.165) is 16.6 Å². The zero-order chi connectivity index (χ0) is 12.4. The summed E-state index contributed by atoms with van der Waals surface area (Å²) >= 11 is 1.72. The van der Waals surface area contributed by atoms with Crippen molar-refractivity contribution < 1.29 is 0 Å². The third-order valence-electron chi connectivity index (χ3n) is 3.83. The van der Waals surface area contributed by atoms with Crippen LogP contribution in [0.15, 0.2) is 24.3 Å². The maximum atomic E-state index is 5.91. The maximum Gasteiger partial charge on any atom is 0.184 e. The normalized spacial score (nSPS) is 18.3. The first kappa shape index (κ1) is 11.9. The highest BCUT2D eigenvalue weighted by atomic mass is 32.1. The van der Waals surface area contributed by atoms with Gasteiger partial charge < -0.3 is 11.1 Å². The van der Waals surface area contributed by atoms with Crippen LogP contribution in [-0.2, 0) is 0 Å². The van der Waals surface area contributed by atoms with Crippen LogP contribution in [0.25, 0.3) is 10.2 Å². The molecule has 1 saturated carbocycles. The molecule has 1 unspecified atom stereocenters. The monoisotopic (exact) mass is 261 g/mol. The molecule has 0 bridgehead atoms. The van der Waals surface area contributed by atoms with Crippen LogP contribution in [0.4, 0.5) is 5.13 Å². The Morgan fingerprint density at radius 3 is 2.83 bits per heavy atom. The Kier molecular flexibility index (Phi) is 3.48. The second-order valence-corrected chi connectivity index (χ2v) is 6.05. The Morgan fingerprint density at radius 1 is 1.33 bits per heavy atom.